The Morgan fingerprint density at radius 3 is 2.72 bits per heavy atom. The highest BCUT2D eigenvalue weighted by atomic mass is 16.5. The van der Waals surface area contributed by atoms with Crippen molar-refractivity contribution in [2.24, 2.45) is 0 Å². The van der Waals surface area contributed by atoms with Crippen molar-refractivity contribution in [2.45, 2.75) is 13.1 Å². The van der Waals surface area contributed by atoms with Gasteiger partial charge in [-0.15, -0.1) is 0 Å². The number of methoxy groups -OCH3 is 2. The zero-order chi connectivity index (χ0) is 22.1. The Balaban J connectivity index is 1.56. The van der Waals surface area contributed by atoms with Gasteiger partial charge in [0, 0.05) is 30.2 Å². The van der Waals surface area contributed by atoms with Gasteiger partial charge < -0.3 is 18.6 Å². The number of aromatic nitrogens is 1. The molecule has 0 spiro atoms. The summed E-state index contributed by atoms with van der Waals surface area (Å²) < 4.78 is 22.6. The molecule has 3 heterocycles. The Kier molecular flexibility index (Phi) is 5.25. The molecule has 5 rings (SSSR count). The summed E-state index contributed by atoms with van der Waals surface area (Å²) in [6.45, 7) is 1.67. The lowest BCUT2D eigenvalue weighted by molar-refractivity contribution is 0.0878. The standard InChI is InChI=1S/C25H22N2O5/c1-29-18-7-9-22(30-2)19(12-18)20-11-16-6-8-23-21(24(16)32-25(20)28)14-27(15-31-23)13-17-5-3-4-10-26-17/h3-12H,13-15H2,1-2H3. The Morgan fingerprint density at radius 1 is 1.03 bits per heavy atom. The maximum absolute atomic E-state index is 13.0. The molecule has 2 aromatic heterocycles. The smallest absolute Gasteiger partial charge is 0.344 e. The fraction of sp³-hybridized carbons (Fsp3) is 0.200. The highest BCUT2D eigenvalue weighted by Gasteiger charge is 2.23. The molecule has 0 amide bonds. The monoisotopic (exact) mass is 430 g/mol. The molecule has 2 aromatic carbocycles. The van der Waals surface area contributed by atoms with Gasteiger partial charge in [0.25, 0.3) is 0 Å². The molecule has 0 unspecified atom stereocenters. The largest absolute Gasteiger partial charge is 0.497 e. The number of hydrogen-bond acceptors (Lipinski definition) is 7. The van der Waals surface area contributed by atoms with Crippen LogP contribution in [0.2, 0.25) is 0 Å². The summed E-state index contributed by atoms with van der Waals surface area (Å²) >= 11 is 0. The van der Waals surface area contributed by atoms with Crippen LogP contribution in [0.1, 0.15) is 11.3 Å². The van der Waals surface area contributed by atoms with E-state index in [0.29, 0.717) is 48.0 Å². The SMILES string of the molecule is COc1ccc(OC)c(-c2cc3ccc4c(c3oc2=O)CN(Cc2ccccn2)CO4)c1. The first-order valence-corrected chi connectivity index (χ1v) is 10.2. The topological polar surface area (TPSA) is 74.0 Å². The molecule has 32 heavy (non-hydrogen) atoms. The molecule has 1 aliphatic heterocycles. The number of rotatable bonds is 5. The number of pyridine rings is 1. The van der Waals surface area contributed by atoms with Gasteiger partial charge in [-0.25, -0.2) is 4.79 Å². The van der Waals surface area contributed by atoms with Crippen LogP contribution in [0, 0.1) is 0 Å². The summed E-state index contributed by atoms with van der Waals surface area (Å²) in [5, 5.41) is 0.812. The molecular weight excluding hydrogens is 408 g/mol. The minimum Gasteiger partial charge on any atom is -0.497 e. The van der Waals surface area contributed by atoms with Crippen LogP contribution in [-0.2, 0) is 13.1 Å². The van der Waals surface area contributed by atoms with Crippen LogP contribution >= 0.6 is 0 Å². The number of benzene rings is 2. The van der Waals surface area contributed by atoms with Crippen LogP contribution in [0.15, 0.2) is 70.0 Å². The molecule has 0 bridgehead atoms. The van der Waals surface area contributed by atoms with E-state index in [9.17, 15) is 4.79 Å². The Labute approximate surface area is 184 Å². The number of hydrogen-bond donors (Lipinski definition) is 0. The fourth-order valence-electron chi connectivity index (χ4n) is 3.97. The lowest BCUT2D eigenvalue weighted by atomic mass is 10.0. The van der Waals surface area contributed by atoms with Crippen LogP contribution in [0.5, 0.6) is 17.2 Å². The van der Waals surface area contributed by atoms with Gasteiger partial charge in [-0.05, 0) is 48.5 Å². The second-order valence-corrected chi connectivity index (χ2v) is 7.56. The van der Waals surface area contributed by atoms with Crippen LogP contribution in [0.3, 0.4) is 0 Å². The third-order valence-corrected chi connectivity index (χ3v) is 5.56. The molecule has 0 radical (unpaired) electrons. The van der Waals surface area contributed by atoms with Gasteiger partial charge in [0.1, 0.15) is 29.6 Å². The predicted molar refractivity (Wildman–Crippen MR) is 120 cm³/mol. The van der Waals surface area contributed by atoms with Crippen molar-refractivity contribution >= 4 is 11.0 Å². The third kappa shape index (κ3) is 3.67. The second-order valence-electron chi connectivity index (χ2n) is 7.56. The molecule has 1 aliphatic rings. The second kappa shape index (κ2) is 8.36. The molecule has 0 aliphatic carbocycles. The van der Waals surface area contributed by atoms with Gasteiger partial charge >= 0.3 is 5.63 Å². The zero-order valence-electron chi connectivity index (χ0n) is 17.8. The summed E-state index contributed by atoms with van der Waals surface area (Å²) in [5.41, 5.74) is 2.92. The van der Waals surface area contributed by atoms with Gasteiger partial charge in [-0.2, -0.15) is 0 Å². The van der Waals surface area contributed by atoms with E-state index in [-0.39, 0.29) is 0 Å². The van der Waals surface area contributed by atoms with Crippen molar-refractivity contribution in [2.75, 3.05) is 21.0 Å². The van der Waals surface area contributed by atoms with E-state index in [1.165, 1.54) is 0 Å². The molecule has 0 atom stereocenters. The molecule has 0 fully saturated rings. The van der Waals surface area contributed by atoms with Gasteiger partial charge in [-0.3, -0.25) is 9.88 Å². The molecular formula is C25H22N2O5. The van der Waals surface area contributed by atoms with Crippen LogP contribution in [0.4, 0.5) is 0 Å². The van der Waals surface area contributed by atoms with E-state index in [2.05, 4.69) is 9.88 Å². The molecule has 0 N–H and O–H groups in total. The van der Waals surface area contributed by atoms with E-state index in [1.54, 1.807) is 38.6 Å². The lowest BCUT2D eigenvalue weighted by Gasteiger charge is -2.29. The van der Waals surface area contributed by atoms with Crippen LogP contribution < -0.4 is 19.8 Å². The molecule has 0 saturated heterocycles. The normalized spacial score (nSPS) is 13.4. The Hall–Kier alpha value is -3.84. The first kappa shape index (κ1) is 20.1. The fourth-order valence-corrected chi connectivity index (χ4v) is 3.97. The van der Waals surface area contributed by atoms with E-state index < -0.39 is 5.63 Å². The van der Waals surface area contributed by atoms with Crippen molar-refractivity contribution in [1.29, 1.82) is 0 Å². The number of nitrogens with zero attached hydrogens (tertiary/aromatic N) is 2. The minimum absolute atomic E-state index is 0.412. The van der Waals surface area contributed by atoms with Crippen molar-refractivity contribution in [3.63, 3.8) is 0 Å². The Morgan fingerprint density at radius 2 is 1.94 bits per heavy atom. The summed E-state index contributed by atoms with van der Waals surface area (Å²) in [6, 6.07) is 16.8. The Bertz CT molecular complexity index is 1330. The van der Waals surface area contributed by atoms with Gasteiger partial charge in [0.15, 0.2) is 0 Å². The molecule has 4 aromatic rings. The lowest BCUT2D eigenvalue weighted by Crippen LogP contribution is -2.32. The summed E-state index contributed by atoms with van der Waals surface area (Å²) in [7, 11) is 3.15. The van der Waals surface area contributed by atoms with Gasteiger partial charge in [0.2, 0.25) is 0 Å². The van der Waals surface area contributed by atoms with Gasteiger partial charge in [-0.1, -0.05) is 6.07 Å². The van der Waals surface area contributed by atoms with Crippen molar-refractivity contribution < 1.29 is 18.6 Å². The average molecular weight is 430 g/mol. The van der Waals surface area contributed by atoms with E-state index >= 15 is 0 Å². The molecule has 7 nitrogen and oxygen atoms in total. The quantitative estimate of drug-likeness (QED) is 0.439. The number of fused-ring (bicyclic) bond motifs is 3. The maximum Gasteiger partial charge on any atom is 0.344 e. The summed E-state index contributed by atoms with van der Waals surface area (Å²) in [5.74, 6) is 1.93. The van der Waals surface area contributed by atoms with E-state index in [1.807, 2.05) is 36.4 Å². The van der Waals surface area contributed by atoms with E-state index in [0.717, 1.165) is 22.4 Å². The molecule has 162 valence electrons. The molecule has 0 saturated carbocycles. The molecule has 7 heteroatoms. The van der Waals surface area contributed by atoms with Gasteiger partial charge in [0.05, 0.1) is 31.0 Å². The average Bonchev–Trinajstić information content (AvgIpc) is 2.84. The van der Waals surface area contributed by atoms with Crippen molar-refractivity contribution in [3.05, 3.63) is 82.5 Å². The predicted octanol–water partition coefficient (Wildman–Crippen LogP) is 4.22. The first-order valence-electron chi connectivity index (χ1n) is 10.2. The van der Waals surface area contributed by atoms with E-state index in [4.69, 9.17) is 18.6 Å². The maximum atomic E-state index is 13.0. The highest BCUT2D eigenvalue weighted by molar-refractivity contribution is 5.87. The highest BCUT2D eigenvalue weighted by Crippen LogP contribution is 2.36. The third-order valence-electron chi connectivity index (χ3n) is 5.56. The first-order chi connectivity index (χ1) is 15.7. The summed E-state index contributed by atoms with van der Waals surface area (Å²) in [4.78, 5) is 19.5. The van der Waals surface area contributed by atoms with Crippen molar-refractivity contribution in [1.82, 2.24) is 9.88 Å². The minimum atomic E-state index is -0.445. The summed E-state index contributed by atoms with van der Waals surface area (Å²) in [6.07, 6.45) is 1.77. The van der Waals surface area contributed by atoms with Crippen LogP contribution in [0.25, 0.3) is 22.1 Å². The number of ether oxygens (including phenoxy) is 3. The zero-order valence-corrected chi connectivity index (χ0v) is 17.8. The van der Waals surface area contributed by atoms with Crippen molar-refractivity contribution in [3.8, 4) is 28.4 Å². The van der Waals surface area contributed by atoms with Crippen LogP contribution in [-0.4, -0.2) is 30.8 Å².